The van der Waals surface area contributed by atoms with Gasteiger partial charge in [0, 0.05) is 0 Å². The van der Waals surface area contributed by atoms with Crippen LogP contribution in [0.25, 0.3) is 0 Å². The molecule has 13 heavy (non-hydrogen) atoms. The Morgan fingerprint density at radius 3 is 2.08 bits per heavy atom. The van der Waals surface area contributed by atoms with E-state index >= 15 is 0 Å². The lowest BCUT2D eigenvalue weighted by Gasteiger charge is -2.20. The third-order valence-corrected chi connectivity index (χ3v) is 2.41. The molecule has 0 bridgehead atoms. The van der Waals surface area contributed by atoms with Crippen LogP contribution in [0, 0.1) is 23.2 Å². The molecule has 0 heterocycles. The lowest BCUT2D eigenvalue weighted by atomic mass is 9.95. The van der Waals surface area contributed by atoms with Crippen LogP contribution in [0.3, 0.4) is 0 Å². The third kappa shape index (κ3) is 4.90. The van der Waals surface area contributed by atoms with Gasteiger partial charge in [0.25, 0.3) is 0 Å². The normalized spacial score (nSPS) is 13.3. The Morgan fingerprint density at radius 1 is 1.23 bits per heavy atom. The third-order valence-electron chi connectivity index (χ3n) is 2.41. The Kier molecular flexibility index (Phi) is 6.62. The monoisotopic (exact) mass is 182 g/mol. The molecular weight excluding hydrogens is 160 g/mol. The highest BCUT2D eigenvalue weighted by molar-refractivity contribution is 4.94. The fourth-order valence-electron chi connectivity index (χ4n) is 1.44. The Labute approximate surface area is 82.3 Å². The fraction of sp³-hybridized carbons (Fsp3) is 0.909. The van der Waals surface area contributed by atoms with Crippen LogP contribution in [0.5, 0.6) is 0 Å². The molecule has 0 aromatic heterocycles. The van der Waals surface area contributed by atoms with E-state index in [9.17, 15) is 0 Å². The lowest BCUT2D eigenvalue weighted by Crippen LogP contribution is -2.36. The maximum atomic E-state index is 8.96. The molecule has 0 fully saturated rings. The van der Waals surface area contributed by atoms with Crippen molar-refractivity contribution in [2.75, 3.05) is 6.54 Å². The molecular formula is C11H22N2. The van der Waals surface area contributed by atoms with E-state index < -0.39 is 0 Å². The molecule has 0 rings (SSSR count). The molecule has 0 saturated heterocycles. The molecule has 0 aliphatic carbocycles. The zero-order valence-electron chi connectivity index (χ0n) is 9.30. The van der Waals surface area contributed by atoms with Crippen LogP contribution in [-0.2, 0) is 0 Å². The van der Waals surface area contributed by atoms with Crippen molar-refractivity contribution in [1.82, 2.24) is 5.32 Å². The number of hydrogen-bond acceptors (Lipinski definition) is 2. The number of nitrogens with zero attached hydrogens (tertiary/aromatic N) is 1. The van der Waals surface area contributed by atoms with Gasteiger partial charge in [0.05, 0.1) is 12.1 Å². The molecule has 0 aliphatic heterocycles. The van der Waals surface area contributed by atoms with Crippen LogP contribution < -0.4 is 5.32 Å². The van der Waals surface area contributed by atoms with Gasteiger partial charge in [-0.1, -0.05) is 40.5 Å². The standard InChI is InChI=1S/C11H22N2/c1-5-10(6-2)11(7-12)13-8-9(3)4/h9-11,13H,5-6,8H2,1-4H3. The average molecular weight is 182 g/mol. The summed E-state index contributed by atoms with van der Waals surface area (Å²) >= 11 is 0. The van der Waals surface area contributed by atoms with Gasteiger partial charge < -0.3 is 5.32 Å². The Morgan fingerprint density at radius 2 is 1.77 bits per heavy atom. The van der Waals surface area contributed by atoms with E-state index in [1.54, 1.807) is 0 Å². The van der Waals surface area contributed by atoms with Gasteiger partial charge in [-0.25, -0.2) is 0 Å². The predicted molar refractivity (Wildman–Crippen MR) is 56.3 cm³/mol. The first-order valence-electron chi connectivity index (χ1n) is 5.28. The molecule has 1 unspecified atom stereocenters. The maximum Gasteiger partial charge on any atom is 0.0981 e. The van der Waals surface area contributed by atoms with Gasteiger partial charge in [-0.2, -0.15) is 5.26 Å². The molecule has 0 spiro atoms. The molecule has 0 saturated carbocycles. The summed E-state index contributed by atoms with van der Waals surface area (Å²) in [5, 5.41) is 12.3. The minimum atomic E-state index is 0.0393. The van der Waals surface area contributed by atoms with E-state index in [1.165, 1.54) is 0 Å². The molecule has 0 aliphatic rings. The summed E-state index contributed by atoms with van der Waals surface area (Å²) in [5.41, 5.74) is 0. The van der Waals surface area contributed by atoms with E-state index in [2.05, 4.69) is 39.1 Å². The minimum Gasteiger partial charge on any atom is -0.301 e. The summed E-state index contributed by atoms with van der Waals surface area (Å²) in [6, 6.07) is 2.39. The Balaban J connectivity index is 3.95. The van der Waals surface area contributed by atoms with E-state index in [0.717, 1.165) is 19.4 Å². The highest BCUT2D eigenvalue weighted by Crippen LogP contribution is 2.12. The van der Waals surface area contributed by atoms with Crippen LogP contribution >= 0.6 is 0 Å². The topological polar surface area (TPSA) is 35.8 Å². The number of nitrogens with one attached hydrogen (secondary N) is 1. The molecule has 0 radical (unpaired) electrons. The van der Waals surface area contributed by atoms with Crippen molar-refractivity contribution in [3.8, 4) is 6.07 Å². The van der Waals surface area contributed by atoms with Crippen molar-refractivity contribution in [3.05, 3.63) is 0 Å². The minimum absolute atomic E-state index is 0.0393. The molecule has 2 heteroatoms. The van der Waals surface area contributed by atoms with Gasteiger partial charge in [0.15, 0.2) is 0 Å². The largest absolute Gasteiger partial charge is 0.301 e. The van der Waals surface area contributed by atoms with E-state index in [4.69, 9.17) is 5.26 Å². The Bertz CT molecular complexity index is 154. The molecule has 0 aromatic rings. The van der Waals surface area contributed by atoms with Crippen molar-refractivity contribution in [2.45, 2.75) is 46.6 Å². The first-order chi connectivity index (χ1) is 6.15. The van der Waals surface area contributed by atoms with E-state index in [1.807, 2.05) is 0 Å². The fourth-order valence-corrected chi connectivity index (χ4v) is 1.44. The first kappa shape index (κ1) is 12.4. The second kappa shape index (κ2) is 6.91. The highest BCUT2D eigenvalue weighted by atomic mass is 14.9. The smallest absolute Gasteiger partial charge is 0.0981 e. The summed E-state index contributed by atoms with van der Waals surface area (Å²) in [7, 11) is 0. The van der Waals surface area contributed by atoms with Gasteiger partial charge in [0.1, 0.15) is 0 Å². The van der Waals surface area contributed by atoms with E-state index in [-0.39, 0.29) is 6.04 Å². The summed E-state index contributed by atoms with van der Waals surface area (Å²) in [6.45, 7) is 9.56. The molecule has 1 atom stereocenters. The molecule has 76 valence electrons. The predicted octanol–water partition coefficient (Wildman–Crippen LogP) is 2.56. The van der Waals surface area contributed by atoms with Gasteiger partial charge >= 0.3 is 0 Å². The molecule has 0 amide bonds. The molecule has 0 aromatic carbocycles. The number of nitriles is 1. The average Bonchev–Trinajstić information content (AvgIpc) is 2.11. The van der Waals surface area contributed by atoms with Crippen LogP contribution in [0.2, 0.25) is 0 Å². The first-order valence-corrected chi connectivity index (χ1v) is 5.28. The van der Waals surface area contributed by atoms with Crippen LogP contribution in [0.4, 0.5) is 0 Å². The van der Waals surface area contributed by atoms with Crippen molar-refractivity contribution in [1.29, 1.82) is 5.26 Å². The second-order valence-corrected chi connectivity index (χ2v) is 3.99. The van der Waals surface area contributed by atoms with Gasteiger partial charge in [0.2, 0.25) is 0 Å². The second-order valence-electron chi connectivity index (χ2n) is 3.99. The highest BCUT2D eigenvalue weighted by Gasteiger charge is 2.16. The van der Waals surface area contributed by atoms with Crippen LogP contribution in [0.15, 0.2) is 0 Å². The van der Waals surface area contributed by atoms with Crippen molar-refractivity contribution >= 4 is 0 Å². The summed E-state index contributed by atoms with van der Waals surface area (Å²) in [5.74, 6) is 1.12. The van der Waals surface area contributed by atoms with Crippen molar-refractivity contribution in [3.63, 3.8) is 0 Å². The number of rotatable bonds is 6. The van der Waals surface area contributed by atoms with Crippen LogP contribution in [0.1, 0.15) is 40.5 Å². The summed E-state index contributed by atoms with van der Waals surface area (Å²) in [6.07, 6.45) is 2.17. The molecule has 2 nitrogen and oxygen atoms in total. The van der Waals surface area contributed by atoms with Gasteiger partial charge in [-0.3, -0.25) is 0 Å². The lowest BCUT2D eigenvalue weighted by molar-refractivity contribution is 0.374. The molecule has 1 N–H and O–H groups in total. The summed E-state index contributed by atoms with van der Waals surface area (Å²) in [4.78, 5) is 0. The quantitative estimate of drug-likeness (QED) is 0.685. The zero-order valence-corrected chi connectivity index (χ0v) is 9.30. The SMILES string of the molecule is CCC(CC)C(C#N)NCC(C)C. The maximum absolute atomic E-state index is 8.96. The summed E-state index contributed by atoms with van der Waals surface area (Å²) < 4.78 is 0. The van der Waals surface area contributed by atoms with Crippen molar-refractivity contribution in [2.24, 2.45) is 11.8 Å². The van der Waals surface area contributed by atoms with E-state index in [0.29, 0.717) is 11.8 Å². The van der Waals surface area contributed by atoms with Crippen molar-refractivity contribution < 1.29 is 0 Å². The number of hydrogen-bond donors (Lipinski definition) is 1. The van der Waals surface area contributed by atoms with Gasteiger partial charge in [-0.05, 0) is 18.4 Å². The zero-order chi connectivity index (χ0) is 10.3. The Hall–Kier alpha value is -0.550. The van der Waals surface area contributed by atoms with Crippen LogP contribution in [-0.4, -0.2) is 12.6 Å². The van der Waals surface area contributed by atoms with Gasteiger partial charge in [-0.15, -0.1) is 0 Å².